The van der Waals surface area contributed by atoms with E-state index >= 15 is 0 Å². The minimum Gasteiger partial charge on any atom is -0.481 e. The van der Waals surface area contributed by atoms with Crippen molar-refractivity contribution in [2.45, 2.75) is 12.8 Å². The fraction of sp³-hybridized carbons (Fsp3) is 0.154. The number of halogens is 1. The molecule has 19 heavy (non-hydrogen) atoms. The Bertz CT molecular complexity index is 590. The van der Waals surface area contributed by atoms with E-state index < -0.39 is 5.97 Å². The highest BCUT2D eigenvalue weighted by Gasteiger charge is 2.05. The number of nitrogens with one attached hydrogen (secondary N) is 1. The van der Waals surface area contributed by atoms with Crippen molar-refractivity contribution < 1.29 is 14.3 Å². The van der Waals surface area contributed by atoms with Crippen LogP contribution in [0.15, 0.2) is 36.5 Å². The molecular weight excluding hydrogens is 249 g/mol. The summed E-state index contributed by atoms with van der Waals surface area (Å²) in [5.41, 5.74) is 0.311. The molecular formula is C13H12FN3O2. The summed E-state index contributed by atoms with van der Waals surface area (Å²) in [5.74, 6) is -0.450. The van der Waals surface area contributed by atoms with Crippen LogP contribution in [0, 0.1) is 5.82 Å². The summed E-state index contributed by atoms with van der Waals surface area (Å²) in [4.78, 5) is 18.6. The van der Waals surface area contributed by atoms with Crippen LogP contribution in [0.25, 0.3) is 0 Å². The van der Waals surface area contributed by atoms with Crippen LogP contribution in [-0.4, -0.2) is 21.0 Å². The van der Waals surface area contributed by atoms with Crippen LogP contribution in [0.1, 0.15) is 12.2 Å². The van der Waals surface area contributed by atoms with E-state index in [-0.39, 0.29) is 18.7 Å². The molecule has 1 heterocycles. The Morgan fingerprint density at radius 3 is 2.84 bits per heavy atom. The molecule has 0 radical (unpaired) electrons. The average molecular weight is 261 g/mol. The summed E-state index contributed by atoms with van der Waals surface area (Å²) >= 11 is 0. The summed E-state index contributed by atoms with van der Waals surface area (Å²) in [5, 5.41) is 11.4. The molecule has 0 spiro atoms. The van der Waals surface area contributed by atoms with Crippen molar-refractivity contribution in [3.8, 4) is 0 Å². The number of rotatable bonds is 5. The molecule has 0 aliphatic carbocycles. The largest absolute Gasteiger partial charge is 0.481 e. The first-order valence-corrected chi connectivity index (χ1v) is 5.70. The van der Waals surface area contributed by atoms with Gasteiger partial charge in [-0.2, -0.15) is 0 Å². The molecule has 0 aliphatic heterocycles. The summed E-state index contributed by atoms with van der Waals surface area (Å²) < 4.78 is 13.4. The molecule has 0 saturated heterocycles. The molecule has 0 fully saturated rings. The number of aryl methyl sites for hydroxylation is 1. The lowest BCUT2D eigenvalue weighted by Gasteiger charge is -2.07. The first-order valence-electron chi connectivity index (χ1n) is 5.70. The topological polar surface area (TPSA) is 75.1 Å². The van der Waals surface area contributed by atoms with Gasteiger partial charge in [0.05, 0.1) is 12.1 Å². The molecule has 2 rings (SSSR count). The SMILES string of the molecule is O=C(O)CCc1nccc(Nc2ccccc2F)n1. The summed E-state index contributed by atoms with van der Waals surface area (Å²) in [6, 6.07) is 7.83. The lowest BCUT2D eigenvalue weighted by atomic mass is 10.3. The van der Waals surface area contributed by atoms with Crippen molar-refractivity contribution in [2.75, 3.05) is 5.32 Å². The van der Waals surface area contributed by atoms with Crippen molar-refractivity contribution in [3.05, 3.63) is 48.2 Å². The van der Waals surface area contributed by atoms with Crippen LogP contribution < -0.4 is 5.32 Å². The predicted octanol–water partition coefficient (Wildman–Crippen LogP) is 2.38. The molecule has 98 valence electrons. The normalized spacial score (nSPS) is 10.2. The van der Waals surface area contributed by atoms with E-state index in [9.17, 15) is 9.18 Å². The maximum Gasteiger partial charge on any atom is 0.303 e. The zero-order valence-corrected chi connectivity index (χ0v) is 10.0. The third-order valence-electron chi connectivity index (χ3n) is 2.40. The highest BCUT2D eigenvalue weighted by atomic mass is 19.1. The molecule has 0 amide bonds. The Hall–Kier alpha value is -2.50. The third kappa shape index (κ3) is 3.74. The minimum atomic E-state index is -0.906. The predicted molar refractivity (Wildman–Crippen MR) is 67.7 cm³/mol. The van der Waals surface area contributed by atoms with Gasteiger partial charge in [-0.05, 0) is 18.2 Å². The molecule has 6 heteroatoms. The van der Waals surface area contributed by atoms with Crippen LogP contribution in [0.5, 0.6) is 0 Å². The molecule has 0 atom stereocenters. The zero-order valence-electron chi connectivity index (χ0n) is 10.0. The van der Waals surface area contributed by atoms with Gasteiger partial charge >= 0.3 is 5.97 Å². The summed E-state index contributed by atoms with van der Waals surface area (Å²) in [7, 11) is 0. The monoisotopic (exact) mass is 261 g/mol. The van der Waals surface area contributed by atoms with Gasteiger partial charge in [-0.25, -0.2) is 14.4 Å². The number of anilines is 2. The smallest absolute Gasteiger partial charge is 0.303 e. The fourth-order valence-electron chi connectivity index (χ4n) is 1.51. The number of carboxylic acid groups (broad SMARTS) is 1. The molecule has 0 bridgehead atoms. The third-order valence-corrected chi connectivity index (χ3v) is 2.40. The molecule has 2 aromatic rings. The maximum absolute atomic E-state index is 13.4. The molecule has 2 N–H and O–H groups in total. The lowest BCUT2D eigenvalue weighted by molar-refractivity contribution is -0.137. The van der Waals surface area contributed by atoms with E-state index in [1.807, 2.05) is 0 Å². The standard InChI is InChI=1S/C13H12FN3O2/c14-9-3-1-2-4-10(9)16-12-7-8-15-11(17-12)5-6-13(18)19/h1-4,7-8H,5-6H2,(H,18,19)(H,15,16,17). The second-order valence-electron chi connectivity index (χ2n) is 3.86. The number of benzene rings is 1. The van der Waals surface area contributed by atoms with Crippen molar-refractivity contribution in [2.24, 2.45) is 0 Å². The van der Waals surface area contributed by atoms with Crippen LogP contribution in [0.3, 0.4) is 0 Å². The van der Waals surface area contributed by atoms with Gasteiger partial charge in [0.1, 0.15) is 17.5 Å². The molecule has 0 aliphatic rings. The van der Waals surface area contributed by atoms with Gasteiger partial charge in [-0.15, -0.1) is 0 Å². The van der Waals surface area contributed by atoms with E-state index in [4.69, 9.17) is 5.11 Å². The van der Waals surface area contributed by atoms with Gasteiger partial charge in [0.2, 0.25) is 0 Å². The number of carbonyl (C=O) groups is 1. The van der Waals surface area contributed by atoms with Crippen LogP contribution >= 0.6 is 0 Å². The Morgan fingerprint density at radius 1 is 1.32 bits per heavy atom. The van der Waals surface area contributed by atoms with Gasteiger partial charge < -0.3 is 10.4 Å². The van der Waals surface area contributed by atoms with Gasteiger partial charge in [-0.3, -0.25) is 4.79 Å². The first kappa shape index (κ1) is 12.9. The summed E-state index contributed by atoms with van der Waals surface area (Å²) in [6.07, 6.45) is 1.71. The van der Waals surface area contributed by atoms with Gasteiger partial charge in [0.15, 0.2) is 0 Å². The van der Waals surface area contributed by atoms with Crippen molar-refractivity contribution >= 4 is 17.5 Å². The van der Waals surface area contributed by atoms with Gasteiger partial charge in [0.25, 0.3) is 0 Å². The van der Waals surface area contributed by atoms with Crippen LogP contribution in [0.2, 0.25) is 0 Å². The van der Waals surface area contributed by atoms with Crippen molar-refractivity contribution in [1.82, 2.24) is 9.97 Å². The lowest BCUT2D eigenvalue weighted by Crippen LogP contribution is -2.04. The molecule has 0 saturated carbocycles. The van der Waals surface area contributed by atoms with Crippen LogP contribution in [-0.2, 0) is 11.2 Å². The van der Waals surface area contributed by atoms with E-state index in [1.54, 1.807) is 24.3 Å². The number of aromatic nitrogens is 2. The summed E-state index contributed by atoms with van der Waals surface area (Å²) in [6.45, 7) is 0. The highest BCUT2D eigenvalue weighted by Crippen LogP contribution is 2.17. The van der Waals surface area contributed by atoms with Crippen molar-refractivity contribution in [1.29, 1.82) is 0 Å². The number of aliphatic carboxylic acids is 1. The number of hydrogen-bond acceptors (Lipinski definition) is 4. The van der Waals surface area contributed by atoms with Gasteiger partial charge in [0, 0.05) is 12.6 Å². The van der Waals surface area contributed by atoms with E-state index in [2.05, 4.69) is 15.3 Å². The van der Waals surface area contributed by atoms with E-state index in [0.29, 0.717) is 17.3 Å². The van der Waals surface area contributed by atoms with E-state index in [1.165, 1.54) is 12.3 Å². The molecule has 5 nitrogen and oxygen atoms in total. The molecule has 0 unspecified atom stereocenters. The van der Waals surface area contributed by atoms with Crippen LogP contribution in [0.4, 0.5) is 15.9 Å². The Labute approximate surface area is 109 Å². The number of para-hydroxylation sites is 1. The number of nitrogens with zero attached hydrogens (tertiary/aromatic N) is 2. The molecule has 1 aromatic heterocycles. The quantitative estimate of drug-likeness (QED) is 0.864. The number of hydrogen-bond donors (Lipinski definition) is 2. The second-order valence-corrected chi connectivity index (χ2v) is 3.86. The fourth-order valence-corrected chi connectivity index (χ4v) is 1.51. The Balaban J connectivity index is 2.11. The Morgan fingerprint density at radius 2 is 2.11 bits per heavy atom. The molecule has 1 aromatic carbocycles. The minimum absolute atomic E-state index is 0.0385. The van der Waals surface area contributed by atoms with E-state index in [0.717, 1.165) is 0 Å². The zero-order chi connectivity index (χ0) is 13.7. The first-order chi connectivity index (χ1) is 9.15. The Kier molecular flexibility index (Phi) is 4.02. The second kappa shape index (κ2) is 5.90. The maximum atomic E-state index is 13.4. The van der Waals surface area contributed by atoms with Gasteiger partial charge in [-0.1, -0.05) is 12.1 Å². The van der Waals surface area contributed by atoms with Crippen molar-refractivity contribution in [3.63, 3.8) is 0 Å². The number of carboxylic acids is 1. The average Bonchev–Trinajstić information content (AvgIpc) is 2.40. The highest BCUT2D eigenvalue weighted by molar-refractivity contribution is 5.66.